The molecule has 19 heavy (non-hydrogen) atoms. The highest BCUT2D eigenvalue weighted by Gasteiger charge is 2.15. The fourth-order valence-electron chi connectivity index (χ4n) is 1.95. The maximum absolute atomic E-state index is 13.6. The maximum atomic E-state index is 13.6. The molecule has 100 valence electrons. The van der Waals surface area contributed by atoms with Gasteiger partial charge in [0.2, 0.25) is 0 Å². The van der Waals surface area contributed by atoms with Crippen molar-refractivity contribution in [2.75, 3.05) is 0 Å². The van der Waals surface area contributed by atoms with Crippen LogP contribution in [0.5, 0.6) is 0 Å². The molecule has 0 amide bonds. The van der Waals surface area contributed by atoms with Crippen molar-refractivity contribution in [1.29, 1.82) is 0 Å². The summed E-state index contributed by atoms with van der Waals surface area (Å²) in [5.74, 6) is -0.382. The Morgan fingerprint density at radius 3 is 2.68 bits per heavy atom. The van der Waals surface area contributed by atoms with Gasteiger partial charge in [0.25, 0.3) is 0 Å². The van der Waals surface area contributed by atoms with Gasteiger partial charge in [0.15, 0.2) is 0 Å². The topological polar surface area (TPSA) is 20.2 Å². The molecule has 2 rings (SSSR count). The average Bonchev–Trinajstić information content (AvgIpc) is 2.37. The first-order valence-corrected chi connectivity index (χ1v) is 6.61. The fourth-order valence-corrected chi connectivity index (χ4v) is 2.39. The van der Waals surface area contributed by atoms with Crippen LogP contribution in [0.3, 0.4) is 0 Å². The second-order valence-corrected chi connectivity index (χ2v) is 5.25. The van der Waals surface area contributed by atoms with E-state index in [4.69, 9.17) is 23.2 Å². The Morgan fingerprint density at radius 2 is 1.95 bits per heavy atom. The van der Waals surface area contributed by atoms with E-state index in [1.165, 1.54) is 18.2 Å². The van der Waals surface area contributed by atoms with Crippen LogP contribution in [0.25, 0.3) is 0 Å². The van der Waals surface area contributed by atoms with Gasteiger partial charge in [-0.25, -0.2) is 4.39 Å². The van der Waals surface area contributed by atoms with E-state index in [-0.39, 0.29) is 12.2 Å². The molecule has 0 aromatic heterocycles. The lowest BCUT2D eigenvalue weighted by molar-refractivity contribution is 0.177. The van der Waals surface area contributed by atoms with E-state index in [1.807, 2.05) is 19.1 Å². The van der Waals surface area contributed by atoms with Crippen LogP contribution in [0, 0.1) is 12.7 Å². The van der Waals surface area contributed by atoms with Gasteiger partial charge in [-0.05, 0) is 41.8 Å². The molecule has 1 unspecified atom stereocenters. The van der Waals surface area contributed by atoms with Gasteiger partial charge in [0.05, 0.1) is 6.10 Å². The minimum atomic E-state index is -0.861. The third-order valence-corrected chi connectivity index (χ3v) is 3.75. The van der Waals surface area contributed by atoms with Gasteiger partial charge in [-0.2, -0.15) is 0 Å². The molecule has 0 aliphatic heterocycles. The molecule has 0 radical (unpaired) electrons. The van der Waals surface area contributed by atoms with Crippen LogP contribution in [-0.4, -0.2) is 5.11 Å². The first-order valence-electron chi connectivity index (χ1n) is 5.86. The predicted molar refractivity (Wildman–Crippen MR) is 76.3 cm³/mol. The monoisotopic (exact) mass is 298 g/mol. The Hall–Kier alpha value is -1.09. The number of aliphatic hydroxyl groups excluding tert-OH is 1. The van der Waals surface area contributed by atoms with E-state index in [9.17, 15) is 9.50 Å². The number of halogens is 3. The largest absolute Gasteiger partial charge is 0.388 e. The lowest BCUT2D eigenvalue weighted by Crippen LogP contribution is -2.05. The van der Waals surface area contributed by atoms with Crippen LogP contribution >= 0.6 is 23.2 Å². The summed E-state index contributed by atoms with van der Waals surface area (Å²) in [6.45, 7) is 1.86. The van der Waals surface area contributed by atoms with Crippen molar-refractivity contribution in [2.24, 2.45) is 0 Å². The molecule has 0 aliphatic rings. The van der Waals surface area contributed by atoms with Crippen LogP contribution in [0.2, 0.25) is 10.0 Å². The zero-order chi connectivity index (χ0) is 14.0. The van der Waals surface area contributed by atoms with Crippen molar-refractivity contribution in [2.45, 2.75) is 19.4 Å². The smallest absolute Gasteiger partial charge is 0.126 e. The number of benzene rings is 2. The first kappa shape index (κ1) is 14.3. The van der Waals surface area contributed by atoms with Crippen LogP contribution in [-0.2, 0) is 6.42 Å². The summed E-state index contributed by atoms with van der Waals surface area (Å²) < 4.78 is 13.6. The molecule has 0 saturated heterocycles. The molecule has 0 heterocycles. The molecule has 1 N–H and O–H groups in total. The second kappa shape index (κ2) is 5.91. The quantitative estimate of drug-likeness (QED) is 0.869. The van der Waals surface area contributed by atoms with E-state index >= 15 is 0 Å². The zero-order valence-electron chi connectivity index (χ0n) is 10.3. The van der Waals surface area contributed by atoms with E-state index in [1.54, 1.807) is 6.07 Å². The number of hydrogen-bond acceptors (Lipinski definition) is 1. The standard InChI is InChI=1S/C15H13Cl2FO/c1-9-3-2-4-12(15(9)17)14(19)8-10-7-11(16)5-6-13(10)18/h2-7,14,19H,8H2,1H3. The Kier molecular flexibility index (Phi) is 4.46. The van der Waals surface area contributed by atoms with Crippen molar-refractivity contribution in [3.8, 4) is 0 Å². The summed E-state index contributed by atoms with van der Waals surface area (Å²) in [5, 5.41) is 11.2. The van der Waals surface area contributed by atoms with Gasteiger partial charge in [-0.3, -0.25) is 0 Å². The van der Waals surface area contributed by atoms with E-state index in [2.05, 4.69) is 0 Å². The SMILES string of the molecule is Cc1cccc(C(O)Cc2cc(Cl)ccc2F)c1Cl. The van der Waals surface area contributed by atoms with Gasteiger partial charge in [0, 0.05) is 16.5 Å². The molecule has 0 spiro atoms. The third kappa shape index (κ3) is 3.27. The molecule has 0 saturated carbocycles. The first-order chi connectivity index (χ1) is 8.99. The predicted octanol–water partition coefficient (Wildman–Crippen LogP) is 4.72. The summed E-state index contributed by atoms with van der Waals surface area (Å²) >= 11 is 12.0. The average molecular weight is 299 g/mol. The summed E-state index contributed by atoms with van der Waals surface area (Å²) in [6, 6.07) is 9.70. The van der Waals surface area contributed by atoms with Crippen molar-refractivity contribution >= 4 is 23.2 Å². The lowest BCUT2D eigenvalue weighted by Gasteiger charge is -2.14. The van der Waals surface area contributed by atoms with E-state index in [0.717, 1.165) is 5.56 Å². The van der Waals surface area contributed by atoms with Gasteiger partial charge >= 0.3 is 0 Å². The molecular formula is C15H13Cl2FO. The lowest BCUT2D eigenvalue weighted by atomic mass is 9.99. The summed E-state index contributed by atoms with van der Waals surface area (Å²) in [5.41, 5.74) is 1.85. The highest BCUT2D eigenvalue weighted by Crippen LogP contribution is 2.29. The summed E-state index contributed by atoms with van der Waals surface area (Å²) in [7, 11) is 0. The van der Waals surface area contributed by atoms with Crippen molar-refractivity contribution < 1.29 is 9.50 Å². The molecular weight excluding hydrogens is 286 g/mol. The molecule has 0 aliphatic carbocycles. The molecule has 0 fully saturated rings. The normalized spacial score (nSPS) is 12.5. The molecule has 2 aromatic carbocycles. The molecule has 4 heteroatoms. The highest BCUT2D eigenvalue weighted by atomic mass is 35.5. The zero-order valence-corrected chi connectivity index (χ0v) is 11.8. The Labute approximate surface area is 121 Å². The highest BCUT2D eigenvalue weighted by molar-refractivity contribution is 6.32. The van der Waals surface area contributed by atoms with Gasteiger partial charge in [-0.1, -0.05) is 41.4 Å². The molecule has 1 atom stereocenters. The van der Waals surface area contributed by atoms with Crippen molar-refractivity contribution in [1.82, 2.24) is 0 Å². The minimum absolute atomic E-state index is 0.134. The maximum Gasteiger partial charge on any atom is 0.126 e. The van der Waals surface area contributed by atoms with Crippen molar-refractivity contribution in [3.63, 3.8) is 0 Å². The Bertz CT molecular complexity index is 599. The van der Waals surface area contributed by atoms with Crippen LogP contribution in [0.1, 0.15) is 22.8 Å². The summed E-state index contributed by atoms with van der Waals surface area (Å²) in [4.78, 5) is 0. The van der Waals surface area contributed by atoms with E-state index in [0.29, 0.717) is 21.2 Å². The van der Waals surface area contributed by atoms with E-state index < -0.39 is 6.10 Å². The van der Waals surface area contributed by atoms with Gasteiger partial charge < -0.3 is 5.11 Å². The third-order valence-electron chi connectivity index (χ3n) is 3.00. The molecule has 2 aromatic rings. The van der Waals surface area contributed by atoms with Gasteiger partial charge in [-0.15, -0.1) is 0 Å². The van der Waals surface area contributed by atoms with Crippen molar-refractivity contribution in [3.05, 3.63) is 69.0 Å². The Morgan fingerprint density at radius 1 is 1.21 bits per heavy atom. The second-order valence-electron chi connectivity index (χ2n) is 4.43. The number of rotatable bonds is 3. The van der Waals surface area contributed by atoms with Crippen LogP contribution in [0.15, 0.2) is 36.4 Å². The summed E-state index contributed by atoms with van der Waals surface area (Å²) in [6.07, 6.45) is -0.726. The van der Waals surface area contributed by atoms with Crippen LogP contribution < -0.4 is 0 Å². The minimum Gasteiger partial charge on any atom is -0.388 e. The number of aliphatic hydroxyl groups is 1. The van der Waals surface area contributed by atoms with Crippen LogP contribution in [0.4, 0.5) is 4.39 Å². The number of hydrogen-bond donors (Lipinski definition) is 1. The Balaban J connectivity index is 2.28. The molecule has 0 bridgehead atoms. The molecule has 1 nitrogen and oxygen atoms in total. The number of aryl methyl sites for hydroxylation is 1. The van der Waals surface area contributed by atoms with Gasteiger partial charge in [0.1, 0.15) is 5.82 Å². The fraction of sp³-hybridized carbons (Fsp3) is 0.200.